The molecule has 1 aromatic heterocycles. The van der Waals surface area contributed by atoms with E-state index in [-0.39, 0.29) is 0 Å². The number of aromatic nitrogens is 4. The lowest BCUT2D eigenvalue weighted by Crippen LogP contribution is -2.05. The van der Waals surface area contributed by atoms with Crippen molar-refractivity contribution in [1.29, 1.82) is 0 Å². The lowest BCUT2D eigenvalue weighted by Gasteiger charge is -2.09. The van der Waals surface area contributed by atoms with Crippen molar-refractivity contribution in [2.75, 3.05) is 12.8 Å². The molecule has 0 aliphatic carbocycles. The molecule has 0 spiro atoms. The van der Waals surface area contributed by atoms with Crippen LogP contribution in [0.2, 0.25) is 0 Å². The van der Waals surface area contributed by atoms with Gasteiger partial charge in [0, 0.05) is 23.2 Å². The number of tetrazole rings is 1. The van der Waals surface area contributed by atoms with Crippen LogP contribution in [0.15, 0.2) is 23.1 Å². The Bertz CT molecular complexity index is 557. The van der Waals surface area contributed by atoms with Crippen LogP contribution in [0.4, 0.5) is 5.69 Å². The predicted molar refractivity (Wildman–Crippen MR) is 79.7 cm³/mol. The standard InChI is InChI=1S/C13H19N5OS/c1-3-4-7-18-13(15-16-17-18)9-20-12-6-5-10(14)8-11(12)19-2/h5-6,8H,3-4,7,9,14H2,1-2H3. The third-order valence-corrected chi connectivity index (χ3v) is 3.92. The highest BCUT2D eigenvalue weighted by molar-refractivity contribution is 7.98. The molecule has 2 rings (SSSR count). The zero-order chi connectivity index (χ0) is 14.4. The fourth-order valence-corrected chi connectivity index (χ4v) is 2.69. The SMILES string of the molecule is CCCCn1nnnc1CSc1ccc(N)cc1OC. The summed E-state index contributed by atoms with van der Waals surface area (Å²) in [6.07, 6.45) is 2.20. The molecule has 2 N–H and O–H groups in total. The van der Waals surface area contributed by atoms with Crippen LogP contribution in [-0.4, -0.2) is 27.3 Å². The molecule has 0 radical (unpaired) electrons. The van der Waals surface area contributed by atoms with Crippen molar-refractivity contribution in [3.8, 4) is 5.75 Å². The average Bonchev–Trinajstić information content (AvgIpc) is 2.91. The quantitative estimate of drug-likeness (QED) is 0.623. The first kappa shape index (κ1) is 14.6. The molecular weight excluding hydrogens is 274 g/mol. The van der Waals surface area contributed by atoms with Gasteiger partial charge in [-0.1, -0.05) is 13.3 Å². The summed E-state index contributed by atoms with van der Waals surface area (Å²) in [6, 6.07) is 5.65. The number of nitrogens with zero attached hydrogens (tertiary/aromatic N) is 4. The monoisotopic (exact) mass is 293 g/mol. The number of benzene rings is 1. The van der Waals surface area contributed by atoms with Crippen LogP contribution < -0.4 is 10.5 Å². The molecule has 0 saturated heterocycles. The molecule has 0 aliphatic rings. The molecule has 0 amide bonds. The van der Waals surface area contributed by atoms with E-state index in [9.17, 15) is 0 Å². The van der Waals surface area contributed by atoms with E-state index < -0.39 is 0 Å². The molecule has 6 nitrogen and oxygen atoms in total. The van der Waals surface area contributed by atoms with E-state index in [1.165, 1.54) is 0 Å². The van der Waals surface area contributed by atoms with Gasteiger partial charge < -0.3 is 10.5 Å². The number of nitrogens with two attached hydrogens (primary N) is 1. The van der Waals surface area contributed by atoms with Crippen molar-refractivity contribution in [2.45, 2.75) is 37.0 Å². The highest BCUT2D eigenvalue weighted by atomic mass is 32.2. The van der Waals surface area contributed by atoms with E-state index in [1.54, 1.807) is 18.9 Å². The van der Waals surface area contributed by atoms with Gasteiger partial charge in [0.15, 0.2) is 5.82 Å². The number of rotatable bonds is 7. The van der Waals surface area contributed by atoms with E-state index in [0.29, 0.717) is 11.4 Å². The Morgan fingerprint density at radius 1 is 1.40 bits per heavy atom. The number of methoxy groups -OCH3 is 1. The highest BCUT2D eigenvalue weighted by Gasteiger charge is 2.09. The number of hydrogen-bond donors (Lipinski definition) is 1. The van der Waals surface area contributed by atoms with E-state index in [2.05, 4.69) is 22.4 Å². The van der Waals surface area contributed by atoms with Crippen LogP contribution >= 0.6 is 11.8 Å². The summed E-state index contributed by atoms with van der Waals surface area (Å²) < 4.78 is 7.19. The normalized spacial score (nSPS) is 10.7. The molecule has 0 saturated carbocycles. The molecule has 0 bridgehead atoms. The largest absolute Gasteiger partial charge is 0.496 e. The van der Waals surface area contributed by atoms with Crippen LogP contribution in [0, 0.1) is 0 Å². The number of nitrogen functional groups attached to an aromatic ring is 1. The maximum atomic E-state index is 5.75. The van der Waals surface area contributed by atoms with Crippen molar-refractivity contribution < 1.29 is 4.74 Å². The first-order valence-corrected chi connectivity index (χ1v) is 7.54. The zero-order valence-electron chi connectivity index (χ0n) is 11.7. The second-order valence-electron chi connectivity index (χ2n) is 4.37. The molecule has 20 heavy (non-hydrogen) atoms. The summed E-state index contributed by atoms with van der Waals surface area (Å²) >= 11 is 1.64. The van der Waals surface area contributed by atoms with Crippen molar-refractivity contribution >= 4 is 17.4 Å². The molecule has 1 aromatic carbocycles. The number of thioether (sulfide) groups is 1. The Hall–Kier alpha value is -1.76. The van der Waals surface area contributed by atoms with E-state index in [4.69, 9.17) is 10.5 Å². The minimum absolute atomic E-state index is 0.693. The molecule has 0 atom stereocenters. The van der Waals surface area contributed by atoms with Gasteiger partial charge in [-0.05, 0) is 29.0 Å². The van der Waals surface area contributed by atoms with Crippen LogP contribution in [0.25, 0.3) is 0 Å². The smallest absolute Gasteiger partial charge is 0.161 e. The van der Waals surface area contributed by atoms with E-state index in [1.807, 2.05) is 22.9 Å². The Labute approximate surface area is 122 Å². The molecule has 1 heterocycles. The summed E-state index contributed by atoms with van der Waals surface area (Å²) in [4.78, 5) is 1.03. The molecule has 2 aromatic rings. The van der Waals surface area contributed by atoms with Gasteiger partial charge in [-0.25, -0.2) is 4.68 Å². The van der Waals surface area contributed by atoms with Gasteiger partial charge in [-0.3, -0.25) is 0 Å². The lowest BCUT2D eigenvalue weighted by molar-refractivity contribution is 0.405. The fraction of sp³-hybridized carbons (Fsp3) is 0.462. The van der Waals surface area contributed by atoms with Crippen molar-refractivity contribution in [3.63, 3.8) is 0 Å². The van der Waals surface area contributed by atoms with Crippen molar-refractivity contribution in [3.05, 3.63) is 24.0 Å². The maximum Gasteiger partial charge on any atom is 0.161 e. The van der Waals surface area contributed by atoms with Gasteiger partial charge in [-0.15, -0.1) is 16.9 Å². The van der Waals surface area contributed by atoms with E-state index in [0.717, 1.165) is 35.9 Å². The maximum absolute atomic E-state index is 5.75. The van der Waals surface area contributed by atoms with Gasteiger partial charge in [0.1, 0.15) is 5.75 Å². The summed E-state index contributed by atoms with van der Waals surface area (Å²) in [5, 5.41) is 11.8. The third kappa shape index (κ3) is 3.63. The Morgan fingerprint density at radius 3 is 3.00 bits per heavy atom. The molecule has 108 valence electrons. The van der Waals surface area contributed by atoms with Crippen LogP contribution in [0.3, 0.4) is 0 Å². The Kier molecular flexibility index (Phi) is 5.23. The predicted octanol–water partition coefficient (Wildman–Crippen LogP) is 2.36. The second kappa shape index (κ2) is 7.14. The van der Waals surface area contributed by atoms with E-state index >= 15 is 0 Å². The number of hydrogen-bond acceptors (Lipinski definition) is 6. The highest BCUT2D eigenvalue weighted by Crippen LogP contribution is 2.32. The van der Waals surface area contributed by atoms with Crippen molar-refractivity contribution in [2.24, 2.45) is 0 Å². The number of aryl methyl sites for hydroxylation is 1. The lowest BCUT2D eigenvalue weighted by atomic mass is 10.3. The first-order chi connectivity index (χ1) is 9.74. The summed E-state index contributed by atoms with van der Waals surface area (Å²) in [6.45, 7) is 3.01. The molecule has 0 aliphatic heterocycles. The number of ether oxygens (including phenoxy) is 1. The van der Waals surface area contributed by atoms with Crippen LogP contribution in [0.1, 0.15) is 25.6 Å². The fourth-order valence-electron chi connectivity index (χ4n) is 1.75. The third-order valence-electron chi connectivity index (χ3n) is 2.87. The minimum Gasteiger partial charge on any atom is -0.496 e. The van der Waals surface area contributed by atoms with Crippen LogP contribution in [0.5, 0.6) is 5.75 Å². The average molecular weight is 293 g/mol. The summed E-state index contributed by atoms with van der Waals surface area (Å²) in [5.41, 5.74) is 6.44. The number of anilines is 1. The van der Waals surface area contributed by atoms with Crippen molar-refractivity contribution in [1.82, 2.24) is 20.2 Å². The summed E-state index contributed by atoms with van der Waals surface area (Å²) in [7, 11) is 1.64. The number of unbranched alkanes of at least 4 members (excludes halogenated alkanes) is 1. The van der Waals surface area contributed by atoms with Gasteiger partial charge >= 0.3 is 0 Å². The summed E-state index contributed by atoms with van der Waals surface area (Å²) in [5.74, 6) is 2.36. The van der Waals surface area contributed by atoms with Gasteiger partial charge in [0.2, 0.25) is 0 Å². The Morgan fingerprint density at radius 2 is 2.25 bits per heavy atom. The van der Waals surface area contributed by atoms with Gasteiger partial charge in [0.05, 0.1) is 12.9 Å². The first-order valence-electron chi connectivity index (χ1n) is 6.56. The van der Waals surface area contributed by atoms with Gasteiger partial charge in [-0.2, -0.15) is 0 Å². The topological polar surface area (TPSA) is 78.9 Å². The zero-order valence-corrected chi connectivity index (χ0v) is 12.6. The van der Waals surface area contributed by atoms with Crippen LogP contribution in [-0.2, 0) is 12.3 Å². The Balaban J connectivity index is 2.03. The molecular formula is C13H19N5OS. The molecule has 0 unspecified atom stereocenters. The van der Waals surface area contributed by atoms with Gasteiger partial charge in [0.25, 0.3) is 0 Å². The minimum atomic E-state index is 0.693. The molecule has 7 heteroatoms. The molecule has 0 fully saturated rings. The second-order valence-corrected chi connectivity index (χ2v) is 5.39.